The normalized spacial score (nSPS) is 41.2. The van der Waals surface area contributed by atoms with Gasteiger partial charge in [0.15, 0.2) is 5.78 Å². The summed E-state index contributed by atoms with van der Waals surface area (Å²) in [7, 11) is 1.63. The third-order valence-electron chi connectivity index (χ3n) is 3.69. The quantitative estimate of drug-likeness (QED) is 0.576. The predicted octanol–water partition coefficient (Wildman–Crippen LogP) is 1.95. The molecule has 0 saturated heterocycles. The SMILES string of the molecule is CO[C@]12C=C[C@@H](CC1)C(C)(C)C2=O. The van der Waals surface area contributed by atoms with Gasteiger partial charge < -0.3 is 4.74 Å². The summed E-state index contributed by atoms with van der Waals surface area (Å²) in [6.07, 6.45) is 6.03. The number of hydrogen-bond acceptors (Lipinski definition) is 2. The van der Waals surface area contributed by atoms with Crippen molar-refractivity contribution in [3.05, 3.63) is 12.2 Å². The van der Waals surface area contributed by atoms with Crippen molar-refractivity contribution in [2.24, 2.45) is 11.3 Å². The highest BCUT2D eigenvalue weighted by Gasteiger charge is 2.54. The molecule has 13 heavy (non-hydrogen) atoms. The van der Waals surface area contributed by atoms with Crippen LogP contribution in [0.4, 0.5) is 0 Å². The summed E-state index contributed by atoms with van der Waals surface area (Å²) >= 11 is 0. The second-order valence-electron chi connectivity index (χ2n) is 4.65. The van der Waals surface area contributed by atoms with Gasteiger partial charge in [-0.15, -0.1) is 0 Å². The third-order valence-corrected chi connectivity index (χ3v) is 3.69. The Kier molecular flexibility index (Phi) is 1.68. The van der Waals surface area contributed by atoms with Crippen LogP contribution in [-0.4, -0.2) is 18.5 Å². The first-order valence-electron chi connectivity index (χ1n) is 4.82. The number of Topliss-reactive ketones (excluding diaryl/α,β-unsaturated/α-hetero) is 1. The molecule has 0 radical (unpaired) electrons. The van der Waals surface area contributed by atoms with Gasteiger partial charge in [-0.05, 0) is 24.8 Å². The van der Waals surface area contributed by atoms with Crippen molar-refractivity contribution in [2.45, 2.75) is 32.3 Å². The van der Waals surface area contributed by atoms with Crippen molar-refractivity contribution >= 4 is 5.78 Å². The number of allylic oxidation sites excluding steroid dienone is 1. The maximum Gasteiger partial charge on any atom is 0.174 e. The van der Waals surface area contributed by atoms with E-state index in [2.05, 4.69) is 6.08 Å². The van der Waals surface area contributed by atoms with Crippen LogP contribution >= 0.6 is 0 Å². The number of ether oxygens (including phenoxy) is 1. The average Bonchev–Trinajstić information content (AvgIpc) is 2.15. The second kappa shape index (κ2) is 2.44. The van der Waals surface area contributed by atoms with Crippen LogP contribution in [0.25, 0.3) is 0 Å². The summed E-state index contributed by atoms with van der Waals surface area (Å²) in [5.41, 5.74) is -0.832. The number of carbonyl (C=O) groups is 1. The Balaban J connectivity index is 2.48. The van der Waals surface area contributed by atoms with Gasteiger partial charge in [0.1, 0.15) is 5.60 Å². The minimum atomic E-state index is -0.599. The topological polar surface area (TPSA) is 26.3 Å². The van der Waals surface area contributed by atoms with Gasteiger partial charge in [0.25, 0.3) is 0 Å². The van der Waals surface area contributed by atoms with Crippen LogP contribution in [0.3, 0.4) is 0 Å². The molecule has 0 aliphatic heterocycles. The molecule has 0 aromatic rings. The smallest absolute Gasteiger partial charge is 0.174 e. The first-order valence-corrected chi connectivity index (χ1v) is 4.82. The van der Waals surface area contributed by atoms with Crippen LogP contribution in [0.5, 0.6) is 0 Å². The Morgan fingerprint density at radius 2 is 2.23 bits per heavy atom. The van der Waals surface area contributed by atoms with Gasteiger partial charge in [0.2, 0.25) is 0 Å². The Hall–Kier alpha value is -0.630. The second-order valence-corrected chi connectivity index (χ2v) is 4.65. The molecule has 0 unspecified atom stereocenters. The summed E-state index contributed by atoms with van der Waals surface area (Å²) in [6, 6.07) is 0. The van der Waals surface area contributed by atoms with Crippen molar-refractivity contribution in [2.75, 3.05) is 7.11 Å². The predicted molar refractivity (Wildman–Crippen MR) is 50.4 cm³/mol. The van der Waals surface area contributed by atoms with Gasteiger partial charge in [0.05, 0.1) is 0 Å². The molecule has 0 amide bonds. The minimum absolute atomic E-state index is 0.233. The minimum Gasteiger partial charge on any atom is -0.366 e. The van der Waals surface area contributed by atoms with E-state index in [4.69, 9.17) is 4.74 Å². The van der Waals surface area contributed by atoms with Gasteiger partial charge in [-0.1, -0.05) is 19.9 Å². The lowest BCUT2D eigenvalue weighted by Gasteiger charge is -2.48. The molecule has 72 valence electrons. The number of ketones is 1. The van der Waals surface area contributed by atoms with Crippen LogP contribution in [-0.2, 0) is 9.53 Å². The van der Waals surface area contributed by atoms with Gasteiger partial charge in [-0.2, -0.15) is 0 Å². The lowest BCUT2D eigenvalue weighted by Crippen LogP contribution is -2.56. The van der Waals surface area contributed by atoms with Gasteiger partial charge in [0, 0.05) is 12.5 Å². The van der Waals surface area contributed by atoms with E-state index in [-0.39, 0.29) is 11.2 Å². The van der Waals surface area contributed by atoms with E-state index in [0.29, 0.717) is 5.92 Å². The molecule has 0 aromatic carbocycles. The Bertz CT molecular complexity index is 278. The molecule has 2 heteroatoms. The summed E-state index contributed by atoms with van der Waals surface area (Å²) < 4.78 is 5.38. The summed E-state index contributed by atoms with van der Waals surface area (Å²) in [6.45, 7) is 4.05. The fraction of sp³-hybridized carbons (Fsp3) is 0.727. The molecular weight excluding hydrogens is 164 g/mol. The van der Waals surface area contributed by atoms with Crippen LogP contribution in [0.15, 0.2) is 12.2 Å². The molecule has 1 fully saturated rings. The molecule has 0 heterocycles. The molecule has 3 aliphatic rings. The number of hydrogen-bond donors (Lipinski definition) is 0. The summed E-state index contributed by atoms with van der Waals surface area (Å²) in [5.74, 6) is 0.665. The largest absolute Gasteiger partial charge is 0.366 e. The zero-order valence-corrected chi connectivity index (χ0v) is 8.46. The average molecular weight is 180 g/mol. The number of rotatable bonds is 1. The zero-order chi connectivity index (χ0) is 9.69. The summed E-state index contributed by atoms with van der Waals surface area (Å²) in [4.78, 5) is 12.1. The van der Waals surface area contributed by atoms with Crippen LogP contribution in [0, 0.1) is 11.3 Å². The molecule has 2 bridgehead atoms. The first-order chi connectivity index (χ1) is 6.03. The number of carbonyl (C=O) groups excluding carboxylic acids is 1. The summed E-state index contributed by atoms with van der Waals surface area (Å²) in [5, 5.41) is 0. The molecule has 0 aromatic heterocycles. The van der Waals surface area contributed by atoms with Crippen LogP contribution in [0.2, 0.25) is 0 Å². The van der Waals surface area contributed by atoms with Crippen molar-refractivity contribution in [1.82, 2.24) is 0 Å². The first kappa shape index (κ1) is 8.95. The zero-order valence-electron chi connectivity index (χ0n) is 8.46. The van der Waals surface area contributed by atoms with E-state index < -0.39 is 5.60 Å². The maximum absolute atomic E-state index is 12.1. The highest BCUT2D eigenvalue weighted by Crippen LogP contribution is 2.48. The van der Waals surface area contributed by atoms with Crippen molar-refractivity contribution in [1.29, 1.82) is 0 Å². The molecule has 2 nitrogen and oxygen atoms in total. The monoisotopic (exact) mass is 180 g/mol. The molecule has 0 spiro atoms. The van der Waals surface area contributed by atoms with E-state index in [1.54, 1.807) is 7.11 Å². The van der Waals surface area contributed by atoms with Crippen molar-refractivity contribution in [3.63, 3.8) is 0 Å². The molecule has 3 aliphatic carbocycles. The van der Waals surface area contributed by atoms with E-state index >= 15 is 0 Å². The van der Waals surface area contributed by atoms with E-state index in [0.717, 1.165) is 12.8 Å². The van der Waals surface area contributed by atoms with E-state index in [1.165, 1.54) is 0 Å². The standard InChI is InChI=1S/C11H16O2/c1-10(2)8-4-6-11(13-3,7-5-8)9(10)12/h4,6,8H,5,7H2,1-3H3/t8-,11+/m0/s1. The highest BCUT2D eigenvalue weighted by atomic mass is 16.5. The maximum atomic E-state index is 12.1. The molecular formula is C11H16O2. The van der Waals surface area contributed by atoms with Crippen LogP contribution < -0.4 is 0 Å². The van der Waals surface area contributed by atoms with Crippen molar-refractivity contribution < 1.29 is 9.53 Å². The Labute approximate surface area is 79.0 Å². The highest BCUT2D eigenvalue weighted by molar-refractivity contribution is 5.96. The van der Waals surface area contributed by atoms with Gasteiger partial charge in [-0.25, -0.2) is 0 Å². The fourth-order valence-corrected chi connectivity index (χ4v) is 2.59. The molecule has 1 saturated carbocycles. The van der Waals surface area contributed by atoms with Crippen LogP contribution in [0.1, 0.15) is 26.7 Å². The van der Waals surface area contributed by atoms with Gasteiger partial charge >= 0.3 is 0 Å². The Morgan fingerprint density at radius 1 is 1.54 bits per heavy atom. The van der Waals surface area contributed by atoms with Crippen molar-refractivity contribution in [3.8, 4) is 0 Å². The number of fused-ring (bicyclic) bond motifs is 2. The fourth-order valence-electron chi connectivity index (χ4n) is 2.59. The van der Waals surface area contributed by atoms with Gasteiger partial charge in [-0.3, -0.25) is 4.79 Å². The number of methoxy groups -OCH3 is 1. The van der Waals surface area contributed by atoms with E-state index in [9.17, 15) is 4.79 Å². The molecule has 3 rings (SSSR count). The Morgan fingerprint density at radius 3 is 2.62 bits per heavy atom. The lowest BCUT2D eigenvalue weighted by atomic mass is 9.58. The van der Waals surface area contributed by atoms with E-state index in [1.807, 2.05) is 19.9 Å². The third kappa shape index (κ3) is 0.953. The lowest BCUT2D eigenvalue weighted by molar-refractivity contribution is -0.155. The molecule has 0 N–H and O–H groups in total. The molecule has 2 atom stereocenters.